The number of thiazole rings is 1. The monoisotopic (exact) mass is 1440 g/mol. The van der Waals surface area contributed by atoms with Crippen LogP contribution in [0.15, 0.2) is 66.4 Å². The SMILES string of the molecule is C#Cc1c(F)ccc2cc3[nH]ncc3c(-c3nccc4c3sc3n[c-]nc(N5CC6CCC(C5)N6)c34)c12.[CH2-][C@]1(CN2CCC3(CC2)CC(CC(=O)N[C@H](C(=O)N2C[C@H](O)C[C@H]2C(=O)NCc2ccc(-c4scnc4C)cc2)C(C)(C)C)C3)CC1(F)F.[U]. The summed E-state index contributed by atoms with van der Waals surface area (Å²) in [6, 6.07) is 14.3. The van der Waals surface area contributed by atoms with Gasteiger partial charge in [0.25, 0.3) is 0 Å². The maximum atomic E-state index is 14.9. The maximum absolute atomic E-state index is 14.9. The summed E-state index contributed by atoms with van der Waals surface area (Å²) in [6.07, 6.45) is 17.8. The van der Waals surface area contributed by atoms with Gasteiger partial charge in [0.15, 0.2) is 0 Å². The third kappa shape index (κ3) is 11.8. The number of alkyl halides is 2. The van der Waals surface area contributed by atoms with Gasteiger partial charge < -0.3 is 52.6 Å². The fraction of sp³-hybridized carbons (Fsp3) is 0.462. The molecule has 3 amide bonds. The number of fused-ring (bicyclic) bond motifs is 7. The number of pyridine rings is 1. The zero-order chi connectivity index (χ0) is 60.0. The van der Waals surface area contributed by atoms with Crippen molar-refractivity contribution in [2.75, 3.05) is 44.2 Å². The quantitative estimate of drug-likeness (QED) is 0.0575. The number of nitrogens with one attached hydrogen (secondary N) is 4. The third-order valence-corrected chi connectivity index (χ3v) is 21.1. The van der Waals surface area contributed by atoms with Gasteiger partial charge in [0.2, 0.25) is 23.6 Å². The van der Waals surface area contributed by atoms with Gasteiger partial charge in [-0.3, -0.25) is 24.5 Å². The number of benzene rings is 3. The number of anilines is 1. The molecular formula is C65H69F3N12O4S2U-2. The fourth-order valence-corrected chi connectivity index (χ4v) is 16.2. The van der Waals surface area contributed by atoms with Crippen LogP contribution < -0.4 is 20.9 Å². The number of carbonyl (C=O) groups excluding carboxylic acids is 3. The first kappa shape index (κ1) is 61.2. The van der Waals surface area contributed by atoms with E-state index < -0.39 is 40.8 Å². The molecule has 2 bridgehead atoms. The summed E-state index contributed by atoms with van der Waals surface area (Å²) < 4.78 is 43.2. The van der Waals surface area contributed by atoms with E-state index in [1.54, 1.807) is 41.1 Å². The zero-order valence-corrected chi connectivity index (χ0v) is 54.9. The zero-order valence-electron chi connectivity index (χ0n) is 49.1. The Morgan fingerprint density at radius 3 is 2.41 bits per heavy atom. The van der Waals surface area contributed by atoms with Crippen molar-refractivity contribution in [2.24, 2.45) is 22.2 Å². The van der Waals surface area contributed by atoms with E-state index >= 15 is 0 Å². The largest absolute Gasteiger partial charge is 0.405 e. The Balaban J connectivity index is 0.000000173. The number of carbonyl (C=O) groups is 3. The molecule has 1 spiro atoms. The first-order valence-electron chi connectivity index (χ1n) is 29.7. The van der Waals surface area contributed by atoms with E-state index in [1.807, 2.05) is 69.6 Å². The summed E-state index contributed by atoms with van der Waals surface area (Å²) in [4.78, 5) is 66.9. The molecular weight excluding hydrogens is 1370 g/mol. The molecule has 4 saturated heterocycles. The van der Waals surface area contributed by atoms with Crippen molar-refractivity contribution in [2.45, 2.75) is 128 Å². The number of aryl methyl sites for hydroxylation is 1. The second kappa shape index (κ2) is 23.7. The van der Waals surface area contributed by atoms with Crippen molar-refractivity contribution >= 4 is 88.2 Å². The van der Waals surface area contributed by atoms with Crippen LogP contribution >= 0.6 is 22.7 Å². The van der Waals surface area contributed by atoms with Crippen molar-refractivity contribution < 1.29 is 63.8 Å². The number of H-pyrrole nitrogens is 1. The number of hydrogen-bond acceptors (Lipinski definition) is 14. The minimum absolute atomic E-state index is 0. The van der Waals surface area contributed by atoms with E-state index in [9.17, 15) is 32.7 Å². The van der Waals surface area contributed by atoms with E-state index in [2.05, 4.69) is 70.1 Å². The number of piperidine rings is 1. The number of aromatic amines is 1. The Morgan fingerprint density at radius 2 is 1.74 bits per heavy atom. The molecule has 6 atom stereocenters. The minimum Gasteiger partial charge on any atom is -0.405 e. The van der Waals surface area contributed by atoms with Crippen LogP contribution in [0.2, 0.25) is 0 Å². The van der Waals surface area contributed by atoms with E-state index in [0.29, 0.717) is 30.4 Å². The molecule has 2 saturated carbocycles. The molecule has 2 unspecified atom stereocenters. The number of nitrogens with zero attached hydrogens (tertiary/aromatic N) is 8. The van der Waals surface area contributed by atoms with Gasteiger partial charge in [0, 0.05) is 126 Å². The van der Waals surface area contributed by atoms with Crippen LogP contribution in [0.25, 0.3) is 63.7 Å². The van der Waals surface area contributed by atoms with Crippen LogP contribution in [0.4, 0.5) is 19.0 Å². The van der Waals surface area contributed by atoms with Crippen LogP contribution in [0, 0.1) is 91.6 Å². The molecule has 6 aliphatic rings. The van der Waals surface area contributed by atoms with E-state index in [4.69, 9.17) is 11.4 Å². The van der Waals surface area contributed by atoms with E-state index in [-0.39, 0.29) is 91.7 Å². The van der Waals surface area contributed by atoms with Crippen LogP contribution in [0.3, 0.4) is 0 Å². The molecule has 22 heteroatoms. The number of aliphatic hydroxyl groups excluding tert-OH is 1. The van der Waals surface area contributed by atoms with Crippen LogP contribution in [-0.4, -0.2) is 138 Å². The first-order valence-corrected chi connectivity index (χ1v) is 31.4. The van der Waals surface area contributed by atoms with Crippen LogP contribution in [0.1, 0.15) is 95.4 Å². The second-order valence-corrected chi connectivity index (χ2v) is 28.0. The van der Waals surface area contributed by atoms with E-state index in [0.717, 1.165) is 127 Å². The summed E-state index contributed by atoms with van der Waals surface area (Å²) in [6.45, 7) is 15.4. The van der Waals surface area contributed by atoms with Crippen molar-refractivity contribution in [3.05, 3.63) is 102 Å². The molecule has 0 radical (unpaired) electrons. The number of β-amino-alcohol motifs (C(OH)–C–C–N with tert-alkyl or cyclic N) is 1. The number of halogens is 3. The number of rotatable bonds is 12. The van der Waals surface area contributed by atoms with Gasteiger partial charge >= 0.3 is 0 Å². The molecule has 87 heavy (non-hydrogen) atoms. The Labute approximate surface area is 535 Å². The van der Waals surface area contributed by atoms with E-state index in [1.165, 1.54) is 23.8 Å². The number of hydrogen-bond donors (Lipinski definition) is 5. The molecule has 8 aromatic rings. The molecule has 2 aliphatic carbocycles. The van der Waals surface area contributed by atoms with Crippen molar-refractivity contribution in [3.8, 4) is 34.0 Å². The topological polar surface area (TPSA) is 197 Å². The summed E-state index contributed by atoms with van der Waals surface area (Å²) in [5.74, 6) is -0.294. The third-order valence-electron chi connectivity index (χ3n) is 19.0. The number of aromatic nitrogens is 6. The number of amides is 3. The average Bonchev–Trinajstić information content (AvgIpc) is 1.72. The Kier molecular flexibility index (Phi) is 16.7. The predicted octanol–water partition coefficient (Wildman–Crippen LogP) is 9.77. The van der Waals surface area contributed by atoms with Crippen molar-refractivity contribution in [3.63, 3.8) is 0 Å². The molecule has 5 aromatic heterocycles. The Morgan fingerprint density at radius 1 is 1.00 bits per heavy atom. The fourth-order valence-electron chi connectivity index (χ4n) is 14.3. The van der Waals surface area contributed by atoms with Crippen molar-refractivity contribution in [1.82, 2.24) is 55.9 Å². The normalized spacial score (nSPS) is 23.5. The molecule has 9 heterocycles. The maximum Gasteiger partial charge on any atom is 0.246 e. The molecule has 3 aromatic carbocycles. The Bertz CT molecular complexity index is 3980. The predicted molar refractivity (Wildman–Crippen MR) is 329 cm³/mol. The standard InChI is InChI=1S/C37H50F2N5O4S.C28H19FN7S.U/c1-23-30(49-22-41-23)26-8-6-24(7-9-26)18-40-32(47)28-15-27(45)19-44(28)33(48)31(34(2,3)4)42-29(46)14-25-16-36(17-25)10-12-43(13-11-36)21-35(5)20-37(35,38)39;1-2-17-20(29)6-3-14-9-21-19(10-33-35-21)23(22(14)17)25-26-18(7-8-30-25)24-27(31-13-32-28(24)37-26)36-11-15-4-5-16(12-36)34-15;/h6-9,22,25,27-28,31,45H,5,10-21H2,1-4H3,(H,40,47)(H,42,46);1,3,6-10,15-16,34H,4-5,11-12H2,(H,33,35);/q2*-1;/t27-,28+,31-,35-;;/m1../s1. The van der Waals surface area contributed by atoms with Gasteiger partial charge in [0.05, 0.1) is 45.2 Å². The Hall–Kier alpha value is -6.04. The molecule has 452 valence electrons. The van der Waals surface area contributed by atoms with Crippen LogP contribution in [0.5, 0.6) is 0 Å². The van der Waals surface area contributed by atoms with Gasteiger partial charge in [-0.2, -0.15) is 16.4 Å². The molecule has 4 aliphatic heterocycles. The number of thiophene rings is 1. The number of likely N-dealkylation sites (tertiary alicyclic amines) is 2. The van der Waals surface area contributed by atoms with Gasteiger partial charge in [-0.25, -0.2) is 18.2 Å². The smallest absolute Gasteiger partial charge is 0.246 e. The van der Waals surface area contributed by atoms with Gasteiger partial charge in [0.1, 0.15) is 17.9 Å². The summed E-state index contributed by atoms with van der Waals surface area (Å²) >= 11 is 3.13. The van der Waals surface area contributed by atoms with Crippen LogP contribution in [-0.2, 0) is 20.9 Å². The van der Waals surface area contributed by atoms with Gasteiger partial charge in [-0.15, -0.1) is 17.8 Å². The van der Waals surface area contributed by atoms with Crippen molar-refractivity contribution in [1.29, 1.82) is 0 Å². The minimum atomic E-state index is -2.65. The summed E-state index contributed by atoms with van der Waals surface area (Å²) in [7, 11) is 0. The number of terminal acetylenes is 1. The van der Waals surface area contributed by atoms with Gasteiger partial charge in [-0.05, 0) is 128 Å². The molecule has 14 rings (SSSR count). The molecule has 5 N–H and O–H groups in total. The van der Waals surface area contributed by atoms with Gasteiger partial charge in [-0.1, -0.05) is 67.8 Å². The molecule has 16 nitrogen and oxygen atoms in total. The second-order valence-electron chi connectivity index (χ2n) is 26.1. The number of piperazine rings is 1. The molecule has 6 fully saturated rings. The average molecular weight is 1440 g/mol. The number of aliphatic hydroxyl groups is 1. The summed E-state index contributed by atoms with van der Waals surface area (Å²) in [5, 5.41) is 31.8. The summed E-state index contributed by atoms with van der Waals surface area (Å²) in [5.41, 5.74) is 5.71. The first-order chi connectivity index (χ1) is 41.2.